The molecule has 2 unspecified atom stereocenters. The number of rotatable bonds is 6. The van der Waals surface area contributed by atoms with Crippen molar-refractivity contribution >= 4 is 16.8 Å². The number of hydrogen-bond acceptors (Lipinski definition) is 4. The van der Waals surface area contributed by atoms with Gasteiger partial charge in [-0.05, 0) is 95.2 Å². The molecule has 7 atom stereocenters. The maximum atomic E-state index is 11.8. The number of fused-ring (bicyclic) bond motifs is 5. The lowest BCUT2D eigenvalue weighted by molar-refractivity contribution is -0.117. The van der Waals surface area contributed by atoms with Gasteiger partial charge in [0.05, 0.1) is 17.1 Å². The second kappa shape index (κ2) is 10.7. The second-order valence-electron chi connectivity index (χ2n) is 13.7. The number of piperidine rings is 2. The molecular formula is C33H48N4O. The SMILES string of the molecule is CC(=O)CCN1CCC[C@@H]1c1nc2ccccc2n1C1C[C@H]2CCC[C@@H](C1)N2C1C[C@H]2CCCC[C@@H](C1)C2. The van der Waals surface area contributed by atoms with E-state index in [2.05, 4.69) is 38.6 Å². The highest BCUT2D eigenvalue weighted by atomic mass is 16.1. The Balaban J connectivity index is 1.18. The molecule has 0 spiro atoms. The molecule has 38 heavy (non-hydrogen) atoms. The van der Waals surface area contributed by atoms with Gasteiger partial charge in [-0.3, -0.25) is 14.6 Å². The van der Waals surface area contributed by atoms with E-state index in [0.29, 0.717) is 24.3 Å². The Hall–Kier alpha value is -1.72. The molecule has 2 aliphatic carbocycles. The average Bonchev–Trinajstić information content (AvgIpc) is 3.49. The van der Waals surface area contributed by atoms with Crippen LogP contribution < -0.4 is 0 Å². The Labute approximate surface area is 229 Å². The third-order valence-corrected chi connectivity index (χ3v) is 11.2. The van der Waals surface area contributed by atoms with E-state index in [4.69, 9.17) is 4.98 Å². The van der Waals surface area contributed by atoms with Gasteiger partial charge in [0.1, 0.15) is 11.6 Å². The van der Waals surface area contributed by atoms with Gasteiger partial charge in [0.2, 0.25) is 0 Å². The summed E-state index contributed by atoms with van der Waals surface area (Å²) >= 11 is 0. The highest BCUT2D eigenvalue weighted by Gasteiger charge is 2.45. The molecule has 2 saturated carbocycles. The number of hydrogen-bond donors (Lipinski definition) is 0. The summed E-state index contributed by atoms with van der Waals surface area (Å²) in [6.07, 6.45) is 20.2. The van der Waals surface area contributed by atoms with Gasteiger partial charge in [-0.25, -0.2) is 4.98 Å². The number of nitrogens with zero attached hydrogens (tertiary/aromatic N) is 4. The fourth-order valence-electron chi connectivity index (χ4n) is 9.68. The summed E-state index contributed by atoms with van der Waals surface area (Å²) in [6.45, 7) is 3.69. The molecule has 4 bridgehead atoms. The highest BCUT2D eigenvalue weighted by molar-refractivity contribution is 5.76. The number of ketones is 1. The van der Waals surface area contributed by atoms with Crippen LogP contribution in [-0.4, -0.2) is 56.3 Å². The van der Waals surface area contributed by atoms with E-state index < -0.39 is 0 Å². The number of Topliss-reactive ketones (excluding diaryl/α,β-unsaturated/α-hetero) is 1. The normalized spacial score (nSPS) is 36.4. The van der Waals surface area contributed by atoms with Crippen LogP contribution in [0.2, 0.25) is 0 Å². The lowest BCUT2D eigenvalue weighted by Gasteiger charge is -2.55. The van der Waals surface area contributed by atoms with Crippen LogP contribution in [0.5, 0.6) is 0 Å². The summed E-state index contributed by atoms with van der Waals surface area (Å²) in [6, 6.07) is 12.1. The molecule has 0 radical (unpaired) electrons. The molecule has 1 aromatic heterocycles. The smallest absolute Gasteiger partial charge is 0.131 e. The Morgan fingerprint density at radius 3 is 2.29 bits per heavy atom. The molecule has 5 fully saturated rings. The van der Waals surface area contributed by atoms with Gasteiger partial charge in [0.15, 0.2) is 0 Å². The van der Waals surface area contributed by atoms with E-state index in [1.807, 2.05) is 0 Å². The number of carbonyl (C=O) groups excluding carboxylic acids is 1. The van der Waals surface area contributed by atoms with Crippen molar-refractivity contribution in [3.05, 3.63) is 30.1 Å². The second-order valence-corrected chi connectivity index (χ2v) is 13.7. The van der Waals surface area contributed by atoms with E-state index in [1.54, 1.807) is 6.92 Å². The Kier molecular flexibility index (Phi) is 7.11. The molecule has 3 saturated heterocycles. The molecular weight excluding hydrogens is 468 g/mol. The van der Waals surface area contributed by atoms with Crippen molar-refractivity contribution in [2.45, 2.75) is 133 Å². The number of benzene rings is 1. The zero-order valence-corrected chi connectivity index (χ0v) is 23.6. The van der Waals surface area contributed by atoms with Crippen LogP contribution in [0.1, 0.15) is 121 Å². The minimum absolute atomic E-state index is 0.298. The minimum Gasteiger partial charge on any atom is -0.323 e. The van der Waals surface area contributed by atoms with Gasteiger partial charge in [-0.2, -0.15) is 0 Å². The van der Waals surface area contributed by atoms with Gasteiger partial charge >= 0.3 is 0 Å². The molecule has 206 valence electrons. The summed E-state index contributed by atoms with van der Waals surface area (Å²) in [7, 11) is 0. The largest absolute Gasteiger partial charge is 0.323 e. The Morgan fingerprint density at radius 2 is 1.55 bits per heavy atom. The van der Waals surface area contributed by atoms with E-state index in [9.17, 15) is 4.79 Å². The van der Waals surface area contributed by atoms with Crippen LogP contribution in [-0.2, 0) is 4.79 Å². The predicted molar refractivity (Wildman–Crippen MR) is 153 cm³/mol. The number of likely N-dealkylation sites (tertiary alicyclic amines) is 1. The monoisotopic (exact) mass is 516 g/mol. The molecule has 3 aliphatic heterocycles. The summed E-state index contributed by atoms with van der Waals surface area (Å²) in [5.41, 5.74) is 2.49. The maximum Gasteiger partial charge on any atom is 0.131 e. The highest BCUT2D eigenvalue weighted by Crippen LogP contribution is 2.48. The van der Waals surface area contributed by atoms with Gasteiger partial charge in [0, 0.05) is 37.1 Å². The van der Waals surface area contributed by atoms with Crippen LogP contribution in [0, 0.1) is 11.8 Å². The first-order valence-corrected chi connectivity index (χ1v) is 16.1. The molecule has 7 rings (SSSR count). The zero-order valence-electron chi connectivity index (χ0n) is 23.6. The van der Waals surface area contributed by atoms with Crippen molar-refractivity contribution in [2.75, 3.05) is 13.1 Å². The summed E-state index contributed by atoms with van der Waals surface area (Å²) in [5.74, 6) is 3.57. The van der Waals surface area contributed by atoms with Crippen LogP contribution in [0.3, 0.4) is 0 Å². The fourth-order valence-corrected chi connectivity index (χ4v) is 9.68. The van der Waals surface area contributed by atoms with Crippen molar-refractivity contribution in [1.29, 1.82) is 0 Å². The van der Waals surface area contributed by atoms with Crippen LogP contribution in [0.4, 0.5) is 0 Å². The van der Waals surface area contributed by atoms with Crippen molar-refractivity contribution in [1.82, 2.24) is 19.4 Å². The third kappa shape index (κ3) is 4.76. The average molecular weight is 517 g/mol. The van der Waals surface area contributed by atoms with E-state index in [1.165, 1.54) is 94.8 Å². The van der Waals surface area contributed by atoms with Crippen molar-refractivity contribution in [2.24, 2.45) is 11.8 Å². The fraction of sp³-hybridized carbons (Fsp3) is 0.758. The van der Waals surface area contributed by atoms with E-state index >= 15 is 0 Å². The quantitative estimate of drug-likeness (QED) is 0.412. The zero-order chi connectivity index (χ0) is 25.6. The topological polar surface area (TPSA) is 41.4 Å². The van der Waals surface area contributed by atoms with Gasteiger partial charge < -0.3 is 4.57 Å². The summed E-state index contributed by atoms with van der Waals surface area (Å²) in [5, 5.41) is 0. The van der Waals surface area contributed by atoms with Gasteiger partial charge in [-0.1, -0.05) is 44.2 Å². The molecule has 5 nitrogen and oxygen atoms in total. The van der Waals surface area contributed by atoms with Crippen LogP contribution >= 0.6 is 0 Å². The Morgan fingerprint density at radius 1 is 0.816 bits per heavy atom. The first kappa shape index (κ1) is 25.3. The summed E-state index contributed by atoms with van der Waals surface area (Å²) in [4.78, 5) is 22.8. The molecule has 0 amide bonds. The molecule has 0 N–H and O–H groups in total. The van der Waals surface area contributed by atoms with Crippen LogP contribution in [0.25, 0.3) is 11.0 Å². The van der Waals surface area contributed by atoms with Crippen LogP contribution in [0.15, 0.2) is 24.3 Å². The van der Waals surface area contributed by atoms with Crippen molar-refractivity contribution in [3.63, 3.8) is 0 Å². The minimum atomic E-state index is 0.298. The lowest BCUT2D eigenvalue weighted by atomic mass is 9.73. The van der Waals surface area contributed by atoms with E-state index in [0.717, 1.165) is 55.0 Å². The van der Waals surface area contributed by atoms with Gasteiger partial charge in [-0.15, -0.1) is 0 Å². The third-order valence-electron chi connectivity index (χ3n) is 11.2. The molecule has 2 aromatic rings. The van der Waals surface area contributed by atoms with Gasteiger partial charge in [0.25, 0.3) is 0 Å². The lowest BCUT2D eigenvalue weighted by Crippen LogP contribution is -2.58. The number of para-hydroxylation sites is 2. The number of aromatic nitrogens is 2. The summed E-state index contributed by atoms with van der Waals surface area (Å²) < 4.78 is 2.70. The molecule has 5 heteroatoms. The van der Waals surface area contributed by atoms with Crippen molar-refractivity contribution < 1.29 is 4.79 Å². The molecule has 4 heterocycles. The standard InChI is InChI=1S/C33H48N4O/c1-23(38)15-17-35-16-7-14-32(35)33-34-30-12-4-5-13-31(30)37(33)29-21-26-10-6-11-27(22-29)36(26)28-19-24-8-2-3-9-25(18-24)20-28/h4-5,12-13,24-29,32H,2-3,6-11,14-22H2,1H3/t24-,25+,26-,27+,28?,29?,32-/m1/s1. The molecule has 5 aliphatic rings. The first-order chi connectivity index (χ1) is 18.6. The maximum absolute atomic E-state index is 11.8. The number of carbonyl (C=O) groups is 1. The number of imidazole rings is 1. The predicted octanol–water partition coefficient (Wildman–Crippen LogP) is 7.07. The van der Waals surface area contributed by atoms with Crippen molar-refractivity contribution in [3.8, 4) is 0 Å². The Bertz CT molecular complexity index is 1110. The van der Waals surface area contributed by atoms with E-state index in [-0.39, 0.29) is 0 Å². The first-order valence-electron chi connectivity index (χ1n) is 16.1. The molecule has 1 aromatic carbocycles.